The molecule has 11 atom stereocenters. The number of hydrogen-bond donors (Lipinski definition) is 13. The van der Waals surface area contributed by atoms with Gasteiger partial charge in [0.2, 0.25) is 5.95 Å². The largest absolute Gasteiger partial charge is 0.490 e. The van der Waals surface area contributed by atoms with Gasteiger partial charge >= 0.3 is 23.5 Å². The predicted octanol–water partition coefficient (Wildman–Crippen LogP) is -2.78. The predicted molar refractivity (Wildman–Crippen MR) is 173 cm³/mol. The van der Waals surface area contributed by atoms with Gasteiger partial charge in [-0.2, -0.15) is 13.6 Å². The summed E-state index contributed by atoms with van der Waals surface area (Å²) in [6, 6.07) is 0. The van der Waals surface area contributed by atoms with E-state index in [2.05, 4.69) is 47.6 Å². The summed E-state index contributed by atoms with van der Waals surface area (Å²) in [6.45, 7) is -2.12. The number of aliphatic hydroxyl groups excluding tert-OH is 4. The van der Waals surface area contributed by atoms with E-state index in [0.717, 1.165) is 17.2 Å². The second kappa shape index (κ2) is 16.1. The monoisotopic (exact) mass is 823 g/mol. The molecule has 2 fully saturated rings. The van der Waals surface area contributed by atoms with Crippen LogP contribution in [-0.4, -0.2) is 124 Å². The van der Waals surface area contributed by atoms with Crippen molar-refractivity contribution in [1.29, 1.82) is 0 Å². The maximum Gasteiger partial charge on any atom is 0.490 e. The maximum atomic E-state index is 12.4. The summed E-state index contributed by atoms with van der Waals surface area (Å²) in [5.74, 6) is -0.295. The number of hydrogen-bond acceptors (Lipinski definition) is 24. The fourth-order valence-corrected chi connectivity index (χ4v) is 8.56. The zero-order chi connectivity index (χ0) is 36.3. The standard InChI is InChI=1S/C20H27N10O17P3.3H3N/c21-14-8-15(24-3-23-14)29(4-25-8)18-12(33)10(31)6(44-18)1-42-48(36,37)46-50(40,41)47-49(38,39)43-2-7-11(32)13(34)19(45-7)30-5-26-9-16(30)27-20(22)28-17(9)35;;;/h3-7,10-13,18-19,31-34H,1-2H2,(H,36,37)(H,38,39)(H,40,41)(H2,21,23,24)(H3,22,27,28,35);3*1H3/t6-,7-,10?,11?,12+,13+,18-,19-;;;/m1.../s1. The van der Waals surface area contributed by atoms with Gasteiger partial charge in [0.25, 0.3) is 5.56 Å². The van der Waals surface area contributed by atoms with Crippen molar-refractivity contribution < 1.29 is 75.9 Å². The van der Waals surface area contributed by atoms with Gasteiger partial charge in [-0.05, 0) is 0 Å². The summed E-state index contributed by atoms with van der Waals surface area (Å²) >= 11 is 0. The Kier molecular flexibility index (Phi) is 13.4. The van der Waals surface area contributed by atoms with Gasteiger partial charge in [-0.15, -0.1) is 0 Å². The minimum atomic E-state index is -5.97. The summed E-state index contributed by atoms with van der Waals surface area (Å²) < 4.78 is 67.7. The minimum absolute atomic E-state index is 0. The van der Waals surface area contributed by atoms with Gasteiger partial charge < -0.3 is 74.5 Å². The number of nitrogens with one attached hydrogen (secondary N) is 1. The van der Waals surface area contributed by atoms with Crippen LogP contribution in [0.25, 0.3) is 22.3 Å². The Morgan fingerprint density at radius 1 is 0.717 bits per heavy atom. The van der Waals surface area contributed by atoms with E-state index in [1.165, 1.54) is 10.9 Å². The Hall–Kier alpha value is -3.45. The number of phosphoric acid groups is 3. The van der Waals surface area contributed by atoms with E-state index in [9.17, 15) is 53.6 Å². The number of rotatable bonds is 12. The molecule has 0 aromatic carbocycles. The van der Waals surface area contributed by atoms with E-state index in [4.69, 9.17) is 20.9 Å². The highest BCUT2D eigenvalue weighted by molar-refractivity contribution is 7.66. The number of anilines is 2. The quantitative estimate of drug-likeness (QED) is 0.0642. The van der Waals surface area contributed by atoms with Crippen molar-refractivity contribution in [2.45, 2.75) is 49.1 Å². The van der Waals surface area contributed by atoms with Crippen LogP contribution in [0.4, 0.5) is 11.8 Å². The molecule has 0 amide bonds. The van der Waals surface area contributed by atoms with E-state index in [1.807, 2.05) is 0 Å². The highest BCUT2D eigenvalue weighted by atomic mass is 31.3. The van der Waals surface area contributed by atoms with Crippen molar-refractivity contribution in [1.82, 2.24) is 57.5 Å². The molecule has 53 heavy (non-hydrogen) atoms. The molecule has 2 saturated heterocycles. The molecule has 6 heterocycles. The molecule has 0 aliphatic carbocycles. The number of aliphatic hydroxyl groups is 4. The van der Waals surface area contributed by atoms with Gasteiger partial charge in [-0.1, -0.05) is 0 Å². The fraction of sp³-hybridized carbons (Fsp3) is 0.500. The van der Waals surface area contributed by atoms with Gasteiger partial charge in [0.1, 0.15) is 48.5 Å². The Morgan fingerprint density at radius 2 is 1.19 bits per heavy atom. The molecule has 4 aromatic rings. The normalized spacial score (nSPS) is 29.0. The Labute approximate surface area is 294 Å². The number of aromatic nitrogens is 8. The molecule has 5 unspecified atom stereocenters. The third-order valence-corrected chi connectivity index (χ3v) is 11.5. The summed E-state index contributed by atoms with van der Waals surface area (Å²) in [6.07, 6.45) is -9.66. The minimum Gasteiger partial charge on any atom is -0.387 e. The summed E-state index contributed by atoms with van der Waals surface area (Å²) in [5.41, 5.74) is 10.5. The van der Waals surface area contributed by atoms with Crippen LogP contribution in [0.5, 0.6) is 0 Å². The lowest BCUT2D eigenvalue weighted by atomic mass is 10.1. The molecular weight excluding hydrogens is 787 g/mol. The molecule has 2 aliphatic heterocycles. The number of H-pyrrole nitrogens is 1. The van der Waals surface area contributed by atoms with E-state index in [0.29, 0.717) is 0 Å². The number of nitrogens with zero attached hydrogens (tertiary/aromatic N) is 7. The van der Waals surface area contributed by atoms with E-state index in [1.54, 1.807) is 0 Å². The smallest absolute Gasteiger partial charge is 0.387 e. The van der Waals surface area contributed by atoms with Crippen LogP contribution >= 0.6 is 23.5 Å². The van der Waals surface area contributed by atoms with E-state index >= 15 is 0 Å². The Morgan fingerprint density at radius 3 is 1.70 bits per heavy atom. The number of aromatic amines is 1. The number of nitrogens with two attached hydrogens (primary N) is 2. The van der Waals surface area contributed by atoms with Crippen molar-refractivity contribution in [2.24, 2.45) is 0 Å². The first-order chi connectivity index (χ1) is 23.4. The third-order valence-electron chi connectivity index (χ3n) is 7.28. The van der Waals surface area contributed by atoms with Crippen LogP contribution in [-0.2, 0) is 40.8 Å². The van der Waals surface area contributed by atoms with Crippen molar-refractivity contribution in [2.75, 3.05) is 24.7 Å². The summed E-state index contributed by atoms with van der Waals surface area (Å²) in [7, 11) is -17.3. The molecule has 298 valence electrons. The number of fused-ring (bicyclic) bond motifs is 2. The lowest BCUT2D eigenvalue weighted by molar-refractivity contribution is -0.0510. The first-order valence-corrected chi connectivity index (χ1v) is 18.2. The molecule has 0 radical (unpaired) electrons. The fourth-order valence-electron chi connectivity index (χ4n) is 5.04. The van der Waals surface area contributed by atoms with Crippen LogP contribution in [0.15, 0.2) is 23.8 Å². The van der Waals surface area contributed by atoms with Gasteiger partial charge in [0, 0.05) is 0 Å². The van der Waals surface area contributed by atoms with Gasteiger partial charge in [-0.3, -0.25) is 28.0 Å². The molecule has 4 aromatic heterocycles. The SMILES string of the molecule is N.N.N.Nc1nc2c(ncn2[C@@H]2O[C@H](COP(=O)(O)OP(=O)(O)OP(=O)(O)OC[C@H]3O[C@@H](n4cnc5c(N)ncnc54)[C@@H](O)C3O)C(O)[C@@H]2O)c(=O)[nH]1. The van der Waals surface area contributed by atoms with Crippen molar-refractivity contribution in [3.63, 3.8) is 0 Å². The number of phosphoric ester groups is 2. The lowest BCUT2D eigenvalue weighted by Crippen LogP contribution is -2.33. The molecule has 0 saturated carbocycles. The topological polar surface area (TPSA) is 512 Å². The average Bonchev–Trinajstić information content (AvgIpc) is 3.76. The van der Waals surface area contributed by atoms with Crippen LogP contribution in [0.2, 0.25) is 0 Å². The Balaban J connectivity index is 0.00000252. The number of nitrogen functional groups attached to an aromatic ring is 2. The van der Waals surface area contributed by atoms with Crippen molar-refractivity contribution in [3.05, 3.63) is 29.3 Å². The zero-order valence-electron chi connectivity index (χ0n) is 26.7. The molecule has 6 rings (SSSR count). The second-order valence-corrected chi connectivity index (χ2v) is 15.2. The second-order valence-electron chi connectivity index (χ2n) is 10.6. The third kappa shape index (κ3) is 8.93. The molecule has 0 bridgehead atoms. The van der Waals surface area contributed by atoms with Crippen LogP contribution in [0.1, 0.15) is 12.5 Å². The van der Waals surface area contributed by atoms with Crippen LogP contribution in [0.3, 0.4) is 0 Å². The highest BCUT2D eigenvalue weighted by Crippen LogP contribution is 2.67. The number of imidazole rings is 2. The number of ether oxygens (including phenoxy) is 2. The zero-order valence-corrected chi connectivity index (χ0v) is 29.4. The molecule has 33 heteroatoms. The van der Waals surface area contributed by atoms with E-state index in [-0.39, 0.29) is 52.5 Å². The highest BCUT2D eigenvalue weighted by Gasteiger charge is 2.49. The maximum absolute atomic E-state index is 12.4. The Bertz CT molecular complexity index is 2120. The van der Waals surface area contributed by atoms with Gasteiger partial charge in [0.15, 0.2) is 35.1 Å². The van der Waals surface area contributed by atoms with Gasteiger partial charge in [-0.25, -0.2) is 33.6 Å². The first kappa shape index (κ1) is 44.0. The van der Waals surface area contributed by atoms with Gasteiger partial charge in [0.05, 0.1) is 25.9 Å². The molecule has 21 N–H and O–H groups in total. The van der Waals surface area contributed by atoms with Crippen LogP contribution in [0, 0.1) is 0 Å². The van der Waals surface area contributed by atoms with Crippen molar-refractivity contribution >= 4 is 57.6 Å². The molecule has 2 aliphatic rings. The lowest BCUT2D eigenvalue weighted by Gasteiger charge is -2.21. The summed E-state index contributed by atoms with van der Waals surface area (Å²) in [5, 5.41) is 41.8. The average molecular weight is 824 g/mol. The van der Waals surface area contributed by atoms with Crippen molar-refractivity contribution in [3.8, 4) is 0 Å². The summed E-state index contributed by atoms with van der Waals surface area (Å²) in [4.78, 5) is 63.6. The molecule has 0 spiro atoms. The molecular formula is C20H36N13O17P3. The first-order valence-electron chi connectivity index (χ1n) is 13.7. The van der Waals surface area contributed by atoms with Crippen LogP contribution < -0.4 is 35.5 Å². The van der Waals surface area contributed by atoms with E-state index < -0.39 is 91.3 Å². The molecule has 30 nitrogen and oxygen atoms in total.